The van der Waals surface area contributed by atoms with Crippen molar-refractivity contribution in [2.75, 3.05) is 17.7 Å². The zero-order valence-corrected chi connectivity index (χ0v) is 16.0. The van der Waals surface area contributed by atoms with Crippen molar-refractivity contribution in [2.24, 2.45) is 0 Å². The van der Waals surface area contributed by atoms with E-state index in [4.69, 9.17) is 4.74 Å². The van der Waals surface area contributed by atoms with Crippen LogP contribution in [0.2, 0.25) is 0 Å². The minimum Gasteiger partial charge on any atom is -0.494 e. The minimum atomic E-state index is 0.332. The normalized spacial score (nSPS) is 18.6. The van der Waals surface area contributed by atoms with E-state index < -0.39 is 0 Å². The SMILES string of the molecule is COc1cccnc1-c1ccc(N[C@H]2CC[C@H](Nc3ncc(C)nn3)C2)nc1. The van der Waals surface area contributed by atoms with Gasteiger partial charge in [-0.25, -0.2) is 9.97 Å². The third kappa shape index (κ3) is 4.16. The predicted octanol–water partition coefficient (Wildman–Crippen LogP) is 3.09. The molecule has 8 heteroatoms. The van der Waals surface area contributed by atoms with Crippen LogP contribution in [0.4, 0.5) is 11.8 Å². The van der Waals surface area contributed by atoms with Crippen molar-refractivity contribution in [1.82, 2.24) is 25.1 Å². The predicted molar refractivity (Wildman–Crippen MR) is 107 cm³/mol. The fourth-order valence-corrected chi connectivity index (χ4v) is 3.43. The molecule has 0 amide bonds. The summed E-state index contributed by atoms with van der Waals surface area (Å²) in [7, 11) is 1.64. The summed E-state index contributed by atoms with van der Waals surface area (Å²) in [5.74, 6) is 2.18. The van der Waals surface area contributed by atoms with Crippen LogP contribution in [0, 0.1) is 6.92 Å². The van der Waals surface area contributed by atoms with Gasteiger partial charge in [-0.15, -0.1) is 5.10 Å². The Balaban J connectivity index is 1.35. The molecule has 3 aromatic rings. The highest BCUT2D eigenvalue weighted by Crippen LogP contribution is 2.28. The molecule has 0 saturated heterocycles. The lowest BCUT2D eigenvalue weighted by atomic mass is 10.1. The van der Waals surface area contributed by atoms with Gasteiger partial charge in [0.15, 0.2) is 0 Å². The van der Waals surface area contributed by atoms with E-state index in [2.05, 4.69) is 35.8 Å². The number of hydrogen-bond acceptors (Lipinski definition) is 8. The van der Waals surface area contributed by atoms with Crippen LogP contribution < -0.4 is 15.4 Å². The van der Waals surface area contributed by atoms with Gasteiger partial charge < -0.3 is 15.4 Å². The van der Waals surface area contributed by atoms with Crippen molar-refractivity contribution < 1.29 is 4.74 Å². The molecule has 1 saturated carbocycles. The number of pyridine rings is 2. The van der Waals surface area contributed by atoms with Crippen LogP contribution in [-0.2, 0) is 0 Å². The summed E-state index contributed by atoms with van der Waals surface area (Å²) in [5, 5.41) is 15.0. The van der Waals surface area contributed by atoms with Crippen molar-refractivity contribution in [3.05, 3.63) is 48.5 Å². The fraction of sp³-hybridized carbons (Fsp3) is 0.350. The van der Waals surface area contributed by atoms with Crippen LogP contribution in [0.25, 0.3) is 11.3 Å². The monoisotopic (exact) mass is 377 g/mol. The first-order valence-electron chi connectivity index (χ1n) is 9.36. The largest absolute Gasteiger partial charge is 0.494 e. The molecule has 144 valence electrons. The van der Waals surface area contributed by atoms with Crippen LogP contribution in [0.1, 0.15) is 25.0 Å². The number of ether oxygens (including phenoxy) is 1. The van der Waals surface area contributed by atoms with Gasteiger partial charge in [-0.1, -0.05) is 0 Å². The van der Waals surface area contributed by atoms with Gasteiger partial charge in [-0.3, -0.25) is 4.98 Å². The molecule has 0 unspecified atom stereocenters. The van der Waals surface area contributed by atoms with Crippen molar-refractivity contribution in [3.63, 3.8) is 0 Å². The van der Waals surface area contributed by atoms with Gasteiger partial charge in [0.2, 0.25) is 5.95 Å². The maximum atomic E-state index is 5.38. The lowest BCUT2D eigenvalue weighted by molar-refractivity contribution is 0.415. The third-order valence-electron chi connectivity index (χ3n) is 4.82. The topological polar surface area (TPSA) is 97.7 Å². The maximum Gasteiger partial charge on any atom is 0.242 e. The van der Waals surface area contributed by atoms with Crippen LogP contribution in [-0.4, -0.2) is 44.3 Å². The molecule has 0 radical (unpaired) electrons. The Labute approximate surface area is 163 Å². The Hall–Kier alpha value is -3.29. The summed E-state index contributed by atoms with van der Waals surface area (Å²) in [6.45, 7) is 1.88. The molecule has 1 aliphatic carbocycles. The van der Waals surface area contributed by atoms with E-state index in [9.17, 15) is 0 Å². The number of hydrogen-bond donors (Lipinski definition) is 2. The Morgan fingerprint density at radius 1 is 0.964 bits per heavy atom. The zero-order valence-electron chi connectivity index (χ0n) is 16.0. The van der Waals surface area contributed by atoms with E-state index in [1.807, 2.05) is 37.4 Å². The first-order valence-corrected chi connectivity index (χ1v) is 9.36. The highest BCUT2D eigenvalue weighted by atomic mass is 16.5. The van der Waals surface area contributed by atoms with Crippen LogP contribution in [0.5, 0.6) is 5.75 Å². The second kappa shape index (κ2) is 8.16. The molecular weight excluding hydrogens is 354 g/mol. The number of methoxy groups -OCH3 is 1. The van der Waals surface area contributed by atoms with E-state index in [-0.39, 0.29) is 0 Å². The Kier molecular flexibility index (Phi) is 5.27. The van der Waals surface area contributed by atoms with E-state index in [0.717, 1.165) is 47.8 Å². The summed E-state index contributed by atoms with van der Waals surface area (Å²) in [5.41, 5.74) is 2.54. The summed E-state index contributed by atoms with van der Waals surface area (Å²) in [6.07, 6.45) is 8.40. The smallest absolute Gasteiger partial charge is 0.242 e. The van der Waals surface area contributed by atoms with Gasteiger partial charge in [0.05, 0.1) is 19.0 Å². The fourth-order valence-electron chi connectivity index (χ4n) is 3.43. The van der Waals surface area contributed by atoms with E-state index in [1.54, 1.807) is 19.5 Å². The molecule has 4 rings (SSSR count). The van der Waals surface area contributed by atoms with Gasteiger partial charge in [-0.2, -0.15) is 5.10 Å². The molecular formula is C20H23N7O. The first kappa shape index (κ1) is 18.1. The van der Waals surface area contributed by atoms with Gasteiger partial charge >= 0.3 is 0 Å². The number of aryl methyl sites for hydroxylation is 1. The molecule has 0 aromatic carbocycles. The summed E-state index contributed by atoms with van der Waals surface area (Å²) in [6, 6.07) is 8.44. The Morgan fingerprint density at radius 2 is 1.82 bits per heavy atom. The molecule has 0 spiro atoms. The summed E-state index contributed by atoms with van der Waals surface area (Å²) in [4.78, 5) is 13.2. The maximum absolute atomic E-state index is 5.38. The Bertz CT molecular complexity index is 915. The first-order chi connectivity index (χ1) is 13.7. The van der Waals surface area contributed by atoms with E-state index >= 15 is 0 Å². The average Bonchev–Trinajstić information content (AvgIpc) is 3.17. The van der Waals surface area contributed by atoms with E-state index in [0.29, 0.717) is 18.0 Å². The number of nitrogens with zero attached hydrogens (tertiary/aromatic N) is 5. The highest BCUT2D eigenvalue weighted by Gasteiger charge is 2.25. The standard InChI is InChI=1S/C20H23N7O/c1-13-11-23-20(27-26-13)25-16-7-6-15(10-16)24-18-8-5-14(12-22-18)19-17(28-2)4-3-9-21-19/h3-5,8-9,11-12,15-16H,6-7,10H2,1-2H3,(H,22,24)(H,23,25,27)/t15-,16-/m0/s1. The molecule has 1 fully saturated rings. The molecule has 3 aromatic heterocycles. The van der Waals surface area contributed by atoms with Gasteiger partial charge in [0, 0.05) is 30.0 Å². The molecule has 8 nitrogen and oxygen atoms in total. The highest BCUT2D eigenvalue weighted by molar-refractivity contribution is 5.66. The molecule has 1 aliphatic rings. The lowest BCUT2D eigenvalue weighted by Gasteiger charge is -2.15. The van der Waals surface area contributed by atoms with Crippen LogP contribution in [0.3, 0.4) is 0 Å². The van der Waals surface area contributed by atoms with Crippen molar-refractivity contribution >= 4 is 11.8 Å². The van der Waals surface area contributed by atoms with Crippen molar-refractivity contribution in [1.29, 1.82) is 0 Å². The van der Waals surface area contributed by atoms with Crippen molar-refractivity contribution in [3.8, 4) is 17.0 Å². The van der Waals surface area contributed by atoms with Crippen molar-refractivity contribution in [2.45, 2.75) is 38.3 Å². The zero-order chi connectivity index (χ0) is 19.3. The number of rotatable bonds is 6. The molecule has 3 heterocycles. The summed E-state index contributed by atoms with van der Waals surface area (Å²) < 4.78 is 5.38. The lowest BCUT2D eigenvalue weighted by Crippen LogP contribution is -2.22. The molecule has 0 bridgehead atoms. The Morgan fingerprint density at radius 3 is 2.54 bits per heavy atom. The molecule has 2 atom stereocenters. The quantitative estimate of drug-likeness (QED) is 0.676. The number of nitrogens with one attached hydrogen (secondary N) is 2. The van der Waals surface area contributed by atoms with E-state index in [1.165, 1.54) is 0 Å². The molecule has 28 heavy (non-hydrogen) atoms. The van der Waals surface area contributed by atoms with Gasteiger partial charge in [0.1, 0.15) is 17.3 Å². The second-order valence-corrected chi connectivity index (χ2v) is 6.91. The second-order valence-electron chi connectivity index (χ2n) is 6.91. The van der Waals surface area contributed by atoms with Crippen LogP contribution >= 0.6 is 0 Å². The van der Waals surface area contributed by atoms with Gasteiger partial charge in [-0.05, 0) is 50.5 Å². The molecule has 0 aliphatic heterocycles. The summed E-state index contributed by atoms with van der Waals surface area (Å²) >= 11 is 0. The van der Waals surface area contributed by atoms with Gasteiger partial charge in [0.25, 0.3) is 0 Å². The third-order valence-corrected chi connectivity index (χ3v) is 4.82. The number of anilines is 2. The average molecular weight is 377 g/mol. The number of aromatic nitrogens is 5. The van der Waals surface area contributed by atoms with Crippen LogP contribution in [0.15, 0.2) is 42.9 Å². The minimum absolute atomic E-state index is 0.332. The molecule has 2 N–H and O–H groups in total.